The number of rotatable bonds is 1. The van der Waals surface area contributed by atoms with Crippen molar-refractivity contribution in [2.45, 2.75) is 13.8 Å². The molecule has 49 valence electrons. The summed E-state index contributed by atoms with van der Waals surface area (Å²) in [6, 6.07) is 0. The quantitative estimate of drug-likeness (QED) is 0.478. The molecular weight excluding hydrogens is 110 g/mol. The summed E-state index contributed by atoms with van der Waals surface area (Å²) in [5.41, 5.74) is 0. The van der Waals surface area contributed by atoms with Gasteiger partial charge in [-0.3, -0.25) is 4.79 Å². The van der Waals surface area contributed by atoms with Gasteiger partial charge in [0.2, 0.25) is 0 Å². The van der Waals surface area contributed by atoms with Crippen molar-refractivity contribution in [3.63, 3.8) is 0 Å². The summed E-state index contributed by atoms with van der Waals surface area (Å²) in [6.07, 6.45) is 0. The number of hydrogen-bond acceptors (Lipinski definition) is 2. The van der Waals surface area contributed by atoms with Crippen LogP contribution in [0.25, 0.3) is 0 Å². The van der Waals surface area contributed by atoms with Gasteiger partial charge < -0.3 is 5.11 Å². The van der Waals surface area contributed by atoms with E-state index >= 15 is 0 Å². The fourth-order valence-corrected chi connectivity index (χ4v) is 0. The molecule has 8 heavy (non-hydrogen) atoms. The second-order valence-corrected chi connectivity index (χ2v) is 1.49. The molecule has 0 bridgehead atoms. The molecule has 0 unspecified atom stereocenters. The molecule has 0 aromatic heterocycles. The van der Waals surface area contributed by atoms with Crippen molar-refractivity contribution < 1.29 is 15.1 Å². The van der Waals surface area contributed by atoms with Crippen LogP contribution in [-0.4, -0.2) is 11.1 Å². The Balaban J connectivity index is 0. The predicted molar refractivity (Wildman–Crippen MR) is 27.3 cm³/mol. The van der Waals surface area contributed by atoms with Crippen molar-refractivity contribution in [3.05, 3.63) is 0 Å². The first-order chi connectivity index (χ1) is 3.64. The Labute approximate surface area is 47.9 Å². The molecule has 0 spiro atoms. The molecule has 0 aliphatic rings. The molecule has 0 heterocycles. The topological polar surface area (TPSA) is 83.2 Å². The molecule has 0 amide bonds. The third-order valence-corrected chi connectivity index (χ3v) is 0.494. The molecule has 0 aromatic rings. The Kier molecular flexibility index (Phi) is 8.30. The van der Waals surface area contributed by atoms with E-state index in [2.05, 4.69) is 5.90 Å². The first-order valence-corrected chi connectivity index (χ1v) is 2.11. The van der Waals surface area contributed by atoms with Crippen LogP contribution >= 0.6 is 0 Å². The molecule has 0 aliphatic carbocycles. The van der Waals surface area contributed by atoms with Crippen LogP contribution in [0.2, 0.25) is 0 Å². The third-order valence-electron chi connectivity index (χ3n) is 0.494. The average molecular weight is 120 g/mol. The molecule has 0 fully saturated rings. The van der Waals surface area contributed by atoms with Crippen molar-refractivity contribution in [2.24, 2.45) is 11.8 Å². The maximum atomic E-state index is 9.70. The van der Waals surface area contributed by atoms with Crippen LogP contribution in [0.3, 0.4) is 0 Å². The third kappa shape index (κ3) is 9.04. The highest BCUT2D eigenvalue weighted by Gasteiger charge is 1.99. The molecule has 0 rings (SSSR count). The van der Waals surface area contributed by atoms with Crippen LogP contribution in [0.4, 0.5) is 0 Å². The Morgan fingerprint density at radius 2 is 1.62 bits per heavy atom. The van der Waals surface area contributed by atoms with E-state index in [4.69, 9.17) is 10.3 Å². The van der Waals surface area contributed by atoms with Gasteiger partial charge in [-0.2, -0.15) is 5.90 Å². The van der Waals surface area contributed by atoms with Gasteiger partial charge >= 0.3 is 5.97 Å². The summed E-state index contributed by atoms with van der Waals surface area (Å²) < 4.78 is 0. The van der Waals surface area contributed by atoms with E-state index in [0.29, 0.717) is 0 Å². The maximum absolute atomic E-state index is 9.70. The fourth-order valence-electron chi connectivity index (χ4n) is 0. The van der Waals surface area contributed by atoms with Crippen molar-refractivity contribution in [3.8, 4) is 0 Å². The minimum atomic E-state index is -0.741. The van der Waals surface area contributed by atoms with E-state index in [0.717, 1.165) is 0 Å². The van der Waals surface area contributed by atoms with E-state index in [1.54, 1.807) is 13.8 Å². The van der Waals surface area contributed by atoms with Crippen LogP contribution in [0, 0.1) is 5.92 Å². The Morgan fingerprint density at radius 3 is 1.62 bits per heavy atom. The summed E-state index contributed by atoms with van der Waals surface area (Å²) in [4.78, 5) is 9.70. The van der Waals surface area contributed by atoms with E-state index in [1.807, 2.05) is 0 Å². The summed E-state index contributed by atoms with van der Waals surface area (Å²) in [5, 5.41) is 15.7. The van der Waals surface area contributed by atoms with Crippen molar-refractivity contribution >= 4 is 5.97 Å². The first kappa shape index (κ1) is 10.4. The van der Waals surface area contributed by atoms with Crippen LogP contribution in [0.15, 0.2) is 0 Å². The summed E-state index contributed by atoms with van der Waals surface area (Å²) in [6.45, 7) is 3.28. The molecule has 0 atom stereocenters. The van der Waals surface area contributed by atoms with E-state index in [-0.39, 0.29) is 5.92 Å². The lowest BCUT2D eigenvalue weighted by Gasteiger charge is -1.89. The number of hydrogen-bond donors (Lipinski definition) is 2. The van der Waals surface area contributed by atoms with Crippen LogP contribution < -0.4 is 5.90 Å². The zero-order valence-corrected chi connectivity index (χ0v) is 4.92. The molecule has 4 nitrogen and oxygen atoms in total. The van der Waals surface area contributed by atoms with Crippen molar-refractivity contribution in [1.29, 1.82) is 0 Å². The highest BCUT2D eigenvalue weighted by Crippen LogP contribution is 1.87. The van der Waals surface area contributed by atoms with Gasteiger partial charge in [-0.25, -0.2) is 0 Å². The second kappa shape index (κ2) is 6.39. The first-order valence-electron chi connectivity index (χ1n) is 2.11. The summed E-state index contributed by atoms with van der Waals surface area (Å²) in [7, 11) is 0. The molecule has 0 aromatic carbocycles. The molecular formula is C4H10NO3. The van der Waals surface area contributed by atoms with Gasteiger partial charge in [-0.15, -0.1) is 5.21 Å². The molecule has 0 aliphatic heterocycles. The number of carboxylic acids is 1. The highest BCUT2D eigenvalue weighted by molar-refractivity contribution is 5.68. The minimum absolute atomic E-state index is 0.231. The Bertz CT molecular complexity index is 62.3. The van der Waals surface area contributed by atoms with Crippen LogP contribution in [0.5, 0.6) is 0 Å². The van der Waals surface area contributed by atoms with Gasteiger partial charge in [0.25, 0.3) is 0 Å². The van der Waals surface area contributed by atoms with Gasteiger partial charge in [0.1, 0.15) is 0 Å². The van der Waals surface area contributed by atoms with Gasteiger partial charge in [-0.1, -0.05) is 13.8 Å². The van der Waals surface area contributed by atoms with Crippen LogP contribution in [0.1, 0.15) is 13.8 Å². The van der Waals surface area contributed by atoms with Crippen molar-refractivity contribution in [1.82, 2.24) is 0 Å². The molecule has 0 saturated heterocycles. The molecule has 0 saturated carbocycles. The lowest BCUT2D eigenvalue weighted by atomic mass is 10.2. The predicted octanol–water partition coefficient (Wildman–Crippen LogP) is 0.0176. The summed E-state index contributed by atoms with van der Waals surface area (Å²) >= 11 is 0. The van der Waals surface area contributed by atoms with E-state index < -0.39 is 5.97 Å². The van der Waals surface area contributed by atoms with Gasteiger partial charge in [0.05, 0.1) is 5.92 Å². The number of carbonyl (C=O) groups is 1. The zero-order valence-electron chi connectivity index (χ0n) is 4.92. The summed E-state index contributed by atoms with van der Waals surface area (Å²) in [5.74, 6) is 2.28. The van der Waals surface area contributed by atoms with E-state index in [9.17, 15) is 4.79 Å². The van der Waals surface area contributed by atoms with Gasteiger partial charge in [0.15, 0.2) is 0 Å². The molecule has 4 heteroatoms. The maximum Gasteiger partial charge on any atom is 0.305 e. The minimum Gasteiger partial charge on any atom is -0.481 e. The number of aliphatic carboxylic acids is 1. The SMILES string of the molecule is CC(C)C(=O)O.N[O]. The zero-order chi connectivity index (χ0) is 7.15. The smallest absolute Gasteiger partial charge is 0.305 e. The fraction of sp³-hybridized carbons (Fsp3) is 0.750. The lowest BCUT2D eigenvalue weighted by Crippen LogP contribution is -2.03. The van der Waals surface area contributed by atoms with Crippen LogP contribution in [-0.2, 0) is 10.0 Å². The second-order valence-electron chi connectivity index (χ2n) is 1.49. The highest BCUT2D eigenvalue weighted by atomic mass is 16.4. The standard InChI is InChI=1S/C4H8O2.H2NO/c1-3(2)4(5)6;1-2/h3H,1-2H3,(H,5,6);1H2. The normalized spacial score (nSPS) is 7.62. The van der Waals surface area contributed by atoms with Gasteiger partial charge in [-0.05, 0) is 0 Å². The monoisotopic (exact) mass is 120 g/mol. The lowest BCUT2D eigenvalue weighted by molar-refractivity contribution is -0.140. The Hall–Kier alpha value is -0.610. The average Bonchev–Trinajstić information content (AvgIpc) is 1.72. The Morgan fingerprint density at radius 1 is 1.50 bits per heavy atom. The molecule has 1 radical (unpaired) electrons. The number of nitrogens with two attached hydrogens (primary N) is 1. The largest absolute Gasteiger partial charge is 0.481 e. The molecule has 3 N–H and O–H groups in total. The van der Waals surface area contributed by atoms with E-state index in [1.165, 1.54) is 0 Å². The number of carboxylic acid groups (broad SMARTS) is 1. The van der Waals surface area contributed by atoms with Gasteiger partial charge in [0, 0.05) is 0 Å². The van der Waals surface area contributed by atoms with Crippen molar-refractivity contribution in [2.75, 3.05) is 0 Å².